The largest absolute Gasteiger partial charge is 0.456 e. The number of hydrogen-bond donors (Lipinski definition) is 0. The third-order valence-electron chi connectivity index (χ3n) is 8.92. The first-order chi connectivity index (χ1) is 27.7. The van der Waals surface area contributed by atoms with E-state index in [-0.39, 0.29) is 75.1 Å². The van der Waals surface area contributed by atoms with Crippen molar-refractivity contribution in [1.82, 2.24) is 19.5 Å². The third kappa shape index (κ3) is 4.67. The summed E-state index contributed by atoms with van der Waals surface area (Å²) in [6, 6.07) is 37.5. The highest BCUT2D eigenvalue weighted by Crippen LogP contribution is 2.36. The summed E-state index contributed by atoms with van der Waals surface area (Å²) < 4.78 is 71.8. The van der Waals surface area contributed by atoms with E-state index in [1.54, 1.807) is 4.57 Å². The lowest BCUT2D eigenvalue weighted by Crippen LogP contribution is -2.00. The van der Waals surface area contributed by atoms with Crippen LogP contribution in [0.2, 0.25) is 0 Å². The predicted octanol–water partition coefficient (Wildman–Crippen LogP) is 11.5. The van der Waals surface area contributed by atoms with Gasteiger partial charge in [-0.2, -0.15) is 0 Å². The van der Waals surface area contributed by atoms with Crippen LogP contribution in [0.25, 0.3) is 94.7 Å². The average molecular weight is 648 g/mol. The maximum Gasteiger partial charge on any atom is 0.164 e. The number of nitrogens with zero attached hydrogens (tertiary/aromatic N) is 4. The minimum atomic E-state index is -0.469. The van der Waals surface area contributed by atoms with E-state index in [0.29, 0.717) is 22.4 Å². The smallest absolute Gasteiger partial charge is 0.164 e. The van der Waals surface area contributed by atoms with Crippen LogP contribution in [0.5, 0.6) is 0 Å². The molecule has 0 saturated carbocycles. The van der Waals surface area contributed by atoms with E-state index in [1.165, 1.54) is 0 Å². The van der Waals surface area contributed by atoms with Gasteiger partial charge in [-0.25, -0.2) is 15.0 Å². The first kappa shape index (κ1) is 21.9. The molecule has 7 aromatic carbocycles. The van der Waals surface area contributed by atoms with E-state index in [2.05, 4.69) is 0 Å². The summed E-state index contributed by atoms with van der Waals surface area (Å²) in [5, 5.41) is 2.05. The van der Waals surface area contributed by atoms with Gasteiger partial charge in [-0.05, 0) is 65.6 Å². The molecule has 3 aromatic heterocycles. The molecule has 0 spiro atoms. The molecule has 0 amide bonds. The van der Waals surface area contributed by atoms with Gasteiger partial charge in [0.05, 0.1) is 20.6 Å². The highest BCUT2D eigenvalue weighted by atomic mass is 16.3. The van der Waals surface area contributed by atoms with Crippen LogP contribution in [0.1, 0.15) is 9.60 Å². The van der Waals surface area contributed by atoms with Crippen LogP contribution in [-0.4, -0.2) is 19.5 Å². The van der Waals surface area contributed by atoms with Crippen LogP contribution in [0.4, 0.5) is 0 Å². The Labute approximate surface area is 297 Å². The summed E-state index contributed by atoms with van der Waals surface area (Å²) in [5.41, 5.74) is 5.22. The number of furan rings is 1. The molecule has 0 N–H and O–H groups in total. The summed E-state index contributed by atoms with van der Waals surface area (Å²) in [7, 11) is 0. The fourth-order valence-electron chi connectivity index (χ4n) is 6.52. The lowest BCUT2D eigenvalue weighted by atomic mass is 10.1. The molecule has 0 aliphatic heterocycles. The maximum atomic E-state index is 9.75. The summed E-state index contributed by atoms with van der Waals surface area (Å²) in [5.74, 6) is 0.519. The minimum absolute atomic E-state index is 0.0251. The zero-order chi connectivity index (χ0) is 39.1. The van der Waals surface area contributed by atoms with E-state index in [9.17, 15) is 4.11 Å². The summed E-state index contributed by atoms with van der Waals surface area (Å²) in [6.07, 6.45) is 0. The molecule has 3 heterocycles. The molecule has 0 aliphatic carbocycles. The second-order valence-electron chi connectivity index (χ2n) is 11.9. The van der Waals surface area contributed by atoms with Crippen LogP contribution < -0.4 is 0 Å². The summed E-state index contributed by atoms with van der Waals surface area (Å²) in [6.45, 7) is 0. The standard InChI is InChI=1S/C45H28N4O/c1-3-11-29(12-4-1)30-19-23-34(24-20-30)49-39-17-9-7-15-35(39)38-27-32(22-26-40(38)49)44-46-43(31-13-5-2-6-14-31)47-45(48-44)33-21-25-37-36-16-8-10-18-41(36)50-42(37)28-33/h1-28H/i7D,9D,15D,17D,22D,26D,27D. The molecule has 10 aromatic rings. The van der Waals surface area contributed by atoms with E-state index in [4.69, 9.17) is 24.9 Å². The lowest BCUT2D eigenvalue weighted by Gasteiger charge is -2.10. The van der Waals surface area contributed by atoms with Gasteiger partial charge in [0.1, 0.15) is 11.2 Å². The average Bonchev–Trinajstić information content (AvgIpc) is 3.81. The van der Waals surface area contributed by atoms with Crippen molar-refractivity contribution in [2.45, 2.75) is 0 Å². The predicted molar refractivity (Wildman–Crippen MR) is 203 cm³/mol. The first-order valence-corrected chi connectivity index (χ1v) is 16.1. The van der Waals surface area contributed by atoms with Crippen molar-refractivity contribution in [3.63, 3.8) is 0 Å². The monoisotopic (exact) mass is 647 g/mol. The molecule has 0 unspecified atom stereocenters. The Hall–Kier alpha value is -6.85. The van der Waals surface area contributed by atoms with Crippen molar-refractivity contribution in [2.24, 2.45) is 0 Å². The Bertz CT molecular complexity index is 3260. The van der Waals surface area contributed by atoms with E-state index >= 15 is 0 Å². The second kappa shape index (κ2) is 11.4. The van der Waals surface area contributed by atoms with E-state index < -0.39 is 12.1 Å². The highest BCUT2D eigenvalue weighted by molar-refractivity contribution is 6.10. The van der Waals surface area contributed by atoms with E-state index in [0.717, 1.165) is 27.5 Å². The molecule has 0 saturated heterocycles. The van der Waals surface area contributed by atoms with Crippen molar-refractivity contribution < 1.29 is 14.0 Å². The summed E-state index contributed by atoms with van der Waals surface area (Å²) >= 11 is 0. The molecular weight excluding hydrogens is 613 g/mol. The molecule has 50 heavy (non-hydrogen) atoms. The molecule has 0 radical (unpaired) electrons. The number of rotatable bonds is 5. The number of fused-ring (bicyclic) bond motifs is 6. The van der Waals surface area contributed by atoms with Gasteiger partial charge >= 0.3 is 0 Å². The Morgan fingerprint density at radius 3 is 1.84 bits per heavy atom. The molecule has 5 nitrogen and oxygen atoms in total. The number of hydrogen-bond acceptors (Lipinski definition) is 4. The van der Waals surface area contributed by atoms with Crippen LogP contribution in [0.15, 0.2) is 174 Å². The van der Waals surface area contributed by atoms with Gasteiger partial charge in [0.15, 0.2) is 17.5 Å². The zero-order valence-electron chi connectivity index (χ0n) is 33.3. The van der Waals surface area contributed by atoms with Crippen LogP contribution in [-0.2, 0) is 0 Å². The van der Waals surface area contributed by atoms with Gasteiger partial charge in [0.2, 0.25) is 0 Å². The van der Waals surface area contributed by atoms with E-state index in [1.807, 2.05) is 127 Å². The quantitative estimate of drug-likeness (QED) is 0.186. The van der Waals surface area contributed by atoms with Gasteiger partial charge in [0, 0.05) is 43.9 Å². The molecule has 10 rings (SSSR count). The molecule has 0 bridgehead atoms. The van der Waals surface area contributed by atoms with Crippen molar-refractivity contribution >= 4 is 43.7 Å². The van der Waals surface area contributed by atoms with Crippen molar-refractivity contribution in [2.75, 3.05) is 0 Å². The normalized spacial score (nSPS) is 13.6. The molecule has 5 heteroatoms. The van der Waals surface area contributed by atoms with Crippen molar-refractivity contribution in [3.8, 4) is 51.0 Å². The fraction of sp³-hybridized carbons (Fsp3) is 0. The topological polar surface area (TPSA) is 56.7 Å². The van der Waals surface area contributed by atoms with Gasteiger partial charge in [-0.15, -0.1) is 0 Å². The maximum absolute atomic E-state index is 9.75. The molecule has 0 atom stereocenters. The number of benzene rings is 7. The zero-order valence-corrected chi connectivity index (χ0v) is 26.3. The van der Waals surface area contributed by atoms with Crippen molar-refractivity contribution in [1.29, 1.82) is 0 Å². The minimum Gasteiger partial charge on any atom is -0.456 e. The van der Waals surface area contributed by atoms with Crippen LogP contribution >= 0.6 is 0 Å². The third-order valence-corrected chi connectivity index (χ3v) is 8.92. The van der Waals surface area contributed by atoms with Crippen molar-refractivity contribution in [3.05, 3.63) is 170 Å². The molecule has 0 fully saturated rings. The van der Waals surface area contributed by atoms with Gasteiger partial charge < -0.3 is 8.98 Å². The van der Waals surface area contributed by atoms with Gasteiger partial charge in [-0.1, -0.05) is 115 Å². The molecule has 234 valence electrons. The fourth-order valence-corrected chi connectivity index (χ4v) is 6.52. The van der Waals surface area contributed by atoms with Gasteiger partial charge in [0.25, 0.3) is 0 Å². The Kier molecular flexibility index (Phi) is 4.99. The number of para-hydroxylation sites is 2. The Morgan fingerprint density at radius 2 is 1.04 bits per heavy atom. The Balaban J connectivity index is 1.25. The lowest BCUT2D eigenvalue weighted by molar-refractivity contribution is 0.669. The SMILES string of the molecule is [2H]c1c([2H])c([2H])c2c(c1[2H])c1c([2H])c(-c3nc(-c4ccccc4)nc(-c4ccc5c(c4)oc4ccccc45)n3)c([2H])c([2H])c1n2-c1ccc(-c2ccccc2)cc1. The number of aromatic nitrogens is 4. The second-order valence-corrected chi connectivity index (χ2v) is 11.9. The molecule has 0 aliphatic rings. The first-order valence-electron chi connectivity index (χ1n) is 19.6. The van der Waals surface area contributed by atoms with Crippen LogP contribution in [0.3, 0.4) is 0 Å². The van der Waals surface area contributed by atoms with Gasteiger partial charge in [-0.3, -0.25) is 0 Å². The molecular formula is C45H28N4O. The summed E-state index contributed by atoms with van der Waals surface area (Å²) in [4.78, 5) is 14.5. The Morgan fingerprint density at radius 1 is 0.440 bits per heavy atom. The highest BCUT2D eigenvalue weighted by Gasteiger charge is 2.17. The van der Waals surface area contributed by atoms with Crippen LogP contribution in [0, 0.1) is 0 Å².